The normalized spacial score (nSPS) is 10.9. The molecule has 0 fully saturated rings. The predicted molar refractivity (Wildman–Crippen MR) is 69.6 cm³/mol. The van der Waals surface area contributed by atoms with Gasteiger partial charge in [-0.05, 0) is 30.7 Å². The molecular formula is C11H15N5O2. The SMILES string of the molecule is COC(=O)c1ccc(N=C(N)N=C(N)N)cc1C. The molecule has 0 spiro atoms. The van der Waals surface area contributed by atoms with Gasteiger partial charge < -0.3 is 21.9 Å². The van der Waals surface area contributed by atoms with Crippen LogP contribution in [0.5, 0.6) is 0 Å². The number of guanidine groups is 2. The van der Waals surface area contributed by atoms with Crippen LogP contribution in [-0.2, 0) is 4.74 Å². The summed E-state index contributed by atoms with van der Waals surface area (Å²) in [6.45, 7) is 1.77. The molecular weight excluding hydrogens is 234 g/mol. The molecule has 7 heteroatoms. The molecule has 1 rings (SSSR count). The zero-order chi connectivity index (χ0) is 13.7. The third-order valence-corrected chi connectivity index (χ3v) is 2.10. The van der Waals surface area contributed by atoms with Gasteiger partial charge in [-0.3, -0.25) is 0 Å². The molecule has 0 aliphatic heterocycles. The lowest BCUT2D eigenvalue weighted by Gasteiger charge is -2.04. The van der Waals surface area contributed by atoms with E-state index >= 15 is 0 Å². The molecule has 96 valence electrons. The molecule has 0 atom stereocenters. The van der Waals surface area contributed by atoms with Gasteiger partial charge in [0.05, 0.1) is 18.4 Å². The van der Waals surface area contributed by atoms with E-state index in [1.165, 1.54) is 7.11 Å². The lowest BCUT2D eigenvalue weighted by Crippen LogP contribution is -2.26. The van der Waals surface area contributed by atoms with E-state index in [9.17, 15) is 4.79 Å². The minimum absolute atomic E-state index is 0.0554. The minimum atomic E-state index is -0.403. The maximum absolute atomic E-state index is 11.4. The van der Waals surface area contributed by atoms with Gasteiger partial charge in [0.15, 0.2) is 5.96 Å². The number of methoxy groups -OCH3 is 1. The first kappa shape index (κ1) is 13.5. The molecule has 0 unspecified atom stereocenters. The summed E-state index contributed by atoms with van der Waals surface area (Å²) in [5, 5.41) is 0. The van der Waals surface area contributed by atoms with E-state index < -0.39 is 5.97 Å². The van der Waals surface area contributed by atoms with Crippen molar-refractivity contribution >= 4 is 23.6 Å². The van der Waals surface area contributed by atoms with Crippen molar-refractivity contribution in [3.05, 3.63) is 29.3 Å². The fourth-order valence-electron chi connectivity index (χ4n) is 1.35. The van der Waals surface area contributed by atoms with E-state index in [1.807, 2.05) is 0 Å². The summed E-state index contributed by atoms with van der Waals surface area (Å²) in [4.78, 5) is 18.9. The van der Waals surface area contributed by atoms with E-state index in [0.29, 0.717) is 11.3 Å². The minimum Gasteiger partial charge on any atom is -0.465 e. The summed E-state index contributed by atoms with van der Waals surface area (Å²) in [5.74, 6) is -0.625. The molecule has 0 saturated heterocycles. The standard InChI is InChI=1S/C11H15N5O2/c1-6-5-7(15-11(14)16-10(12)13)3-4-8(6)9(17)18-2/h3-5H,1-2H3,(H6,12,13,14,15,16). The maximum Gasteiger partial charge on any atom is 0.338 e. The Kier molecular flexibility index (Phi) is 4.25. The van der Waals surface area contributed by atoms with Gasteiger partial charge in [-0.15, -0.1) is 0 Å². The summed E-state index contributed by atoms with van der Waals surface area (Å²) in [6.07, 6.45) is 0. The number of nitrogens with zero attached hydrogens (tertiary/aromatic N) is 2. The lowest BCUT2D eigenvalue weighted by molar-refractivity contribution is 0.0600. The van der Waals surface area contributed by atoms with Gasteiger partial charge in [-0.25, -0.2) is 9.79 Å². The van der Waals surface area contributed by atoms with E-state index in [1.54, 1.807) is 25.1 Å². The van der Waals surface area contributed by atoms with Crippen LogP contribution in [0.3, 0.4) is 0 Å². The van der Waals surface area contributed by atoms with Gasteiger partial charge in [0, 0.05) is 0 Å². The number of ether oxygens (including phenoxy) is 1. The van der Waals surface area contributed by atoms with Crippen LogP contribution < -0.4 is 17.2 Å². The quantitative estimate of drug-likeness (QED) is 0.386. The first-order valence-electron chi connectivity index (χ1n) is 5.06. The van der Waals surface area contributed by atoms with Crippen molar-refractivity contribution in [2.45, 2.75) is 6.92 Å². The molecule has 0 saturated carbocycles. The third-order valence-electron chi connectivity index (χ3n) is 2.10. The Morgan fingerprint density at radius 1 is 1.28 bits per heavy atom. The van der Waals surface area contributed by atoms with E-state index in [0.717, 1.165) is 5.56 Å². The Balaban J connectivity index is 3.05. The van der Waals surface area contributed by atoms with Gasteiger partial charge in [0.2, 0.25) is 5.96 Å². The molecule has 0 amide bonds. The first-order chi connectivity index (χ1) is 8.43. The Morgan fingerprint density at radius 2 is 1.94 bits per heavy atom. The fraction of sp³-hybridized carbons (Fsp3) is 0.182. The van der Waals surface area contributed by atoms with Crippen molar-refractivity contribution in [2.75, 3.05) is 7.11 Å². The van der Waals surface area contributed by atoms with Crippen molar-refractivity contribution in [1.82, 2.24) is 0 Å². The summed E-state index contributed by atoms with van der Waals surface area (Å²) >= 11 is 0. The van der Waals surface area contributed by atoms with E-state index in [4.69, 9.17) is 17.2 Å². The number of hydrogen-bond acceptors (Lipinski definition) is 3. The van der Waals surface area contributed by atoms with Crippen LogP contribution >= 0.6 is 0 Å². The summed E-state index contributed by atoms with van der Waals surface area (Å²) in [7, 11) is 1.32. The van der Waals surface area contributed by atoms with Gasteiger partial charge in [0.25, 0.3) is 0 Å². The van der Waals surface area contributed by atoms with Gasteiger partial charge in [0.1, 0.15) is 0 Å². The number of aliphatic imine (C=N–C) groups is 2. The van der Waals surface area contributed by atoms with Crippen LogP contribution in [0.25, 0.3) is 0 Å². The van der Waals surface area contributed by atoms with Crippen LogP contribution in [0.4, 0.5) is 5.69 Å². The number of rotatable bonds is 2. The molecule has 0 radical (unpaired) electrons. The summed E-state index contributed by atoms with van der Waals surface area (Å²) in [6, 6.07) is 4.90. The van der Waals surface area contributed by atoms with Crippen LogP contribution in [0.15, 0.2) is 28.2 Å². The highest BCUT2D eigenvalue weighted by molar-refractivity contribution is 5.94. The van der Waals surface area contributed by atoms with E-state index in [-0.39, 0.29) is 11.9 Å². The fourth-order valence-corrected chi connectivity index (χ4v) is 1.35. The Labute approximate surface area is 104 Å². The van der Waals surface area contributed by atoms with Crippen LogP contribution in [0, 0.1) is 6.92 Å². The van der Waals surface area contributed by atoms with Crippen molar-refractivity contribution < 1.29 is 9.53 Å². The van der Waals surface area contributed by atoms with Crippen molar-refractivity contribution in [3.8, 4) is 0 Å². The van der Waals surface area contributed by atoms with Crippen LogP contribution in [0.1, 0.15) is 15.9 Å². The van der Waals surface area contributed by atoms with Crippen LogP contribution in [-0.4, -0.2) is 25.0 Å². The topological polar surface area (TPSA) is 129 Å². The molecule has 7 nitrogen and oxygen atoms in total. The summed E-state index contributed by atoms with van der Waals surface area (Å²) in [5.41, 5.74) is 17.6. The molecule has 0 bridgehead atoms. The highest BCUT2D eigenvalue weighted by atomic mass is 16.5. The zero-order valence-electron chi connectivity index (χ0n) is 10.2. The molecule has 1 aromatic rings. The van der Waals surface area contributed by atoms with Gasteiger partial charge in [-0.1, -0.05) is 0 Å². The Bertz CT molecular complexity index is 518. The Hall–Kier alpha value is -2.57. The zero-order valence-corrected chi connectivity index (χ0v) is 10.2. The van der Waals surface area contributed by atoms with Crippen molar-refractivity contribution in [3.63, 3.8) is 0 Å². The van der Waals surface area contributed by atoms with Gasteiger partial charge >= 0.3 is 5.97 Å². The highest BCUT2D eigenvalue weighted by Gasteiger charge is 2.08. The molecule has 0 aromatic heterocycles. The number of aryl methyl sites for hydroxylation is 1. The number of hydrogen-bond donors (Lipinski definition) is 3. The lowest BCUT2D eigenvalue weighted by atomic mass is 10.1. The molecule has 1 aromatic carbocycles. The first-order valence-corrected chi connectivity index (χ1v) is 5.06. The Morgan fingerprint density at radius 3 is 2.44 bits per heavy atom. The van der Waals surface area contributed by atoms with Crippen LogP contribution in [0.2, 0.25) is 0 Å². The van der Waals surface area contributed by atoms with E-state index in [2.05, 4.69) is 14.7 Å². The number of benzene rings is 1. The second-order valence-corrected chi connectivity index (χ2v) is 3.50. The molecule has 0 heterocycles. The number of carbonyl (C=O) groups is 1. The largest absolute Gasteiger partial charge is 0.465 e. The second kappa shape index (κ2) is 5.67. The highest BCUT2D eigenvalue weighted by Crippen LogP contribution is 2.18. The maximum atomic E-state index is 11.4. The third kappa shape index (κ3) is 3.48. The average Bonchev–Trinajstić information content (AvgIpc) is 2.27. The number of nitrogens with two attached hydrogens (primary N) is 3. The summed E-state index contributed by atoms with van der Waals surface area (Å²) < 4.78 is 4.64. The molecule has 0 aliphatic rings. The molecule has 6 N–H and O–H groups in total. The predicted octanol–water partition coefficient (Wildman–Crippen LogP) is 0.00122. The van der Waals surface area contributed by atoms with Crippen molar-refractivity contribution in [1.29, 1.82) is 0 Å². The monoisotopic (exact) mass is 249 g/mol. The van der Waals surface area contributed by atoms with Gasteiger partial charge in [-0.2, -0.15) is 4.99 Å². The smallest absolute Gasteiger partial charge is 0.338 e. The van der Waals surface area contributed by atoms with Crippen molar-refractivity contribution in [2.24, 2.45) is 27.2 Å². The second-order valence-electron chi connectivity index (χ2n) is 3.50. The number of esters is 1. The number of carbonyl (C=O) groups excluding carboxylic acids is 1. The molecule has 18 heavy (non-hydrogen) atoms. The molecule has 0 aliphatic carbocycles. The average molecular weight is 249 g/mol.